The van der Waals surface area contributed by atoms with Crippen LogP contribution in [0.3, 0.4) is 0 Å². The second kappa shape index (κ2) is 4.67. The molecule has 1 aromatic carbocycles. The highest BCUT2D eigenvalue weighted by Gasteiger charge is 2.25. The molecule has 0 amide bonds. The van der Waals surface area contributed by atoms with Crippen LogP contribution in [0.25, 0.3) is 0 Å². The Kier molecular flexibility index (Phi) is 3.04. The van der Waals surface area contributed by atoms with E-state index in [9.17, 15) is 0 Å². The fourth-order valence-electron chi connectivity index (χ4n) is 2.69. The Bertz CT molecular complexity index is 399. The van der Waals surface area contributed by atoms with Crippen molar-refractivity contribution in [2.45, 2.75) is 19.4 Å². The highest BCUT2D eigenvalue weighted by atomic mass is 16.5. The van der Waals surface area contributed by atoms with Gasteiger partial charge in [0.2, 0.25) is 0 Å². The first-order valence-electron chi connectivity index (χ1n) is 6.43. The van der Waals surface area contributed by atoms with E-state index in [0.29, 0.717) is 12.5 Å². The molecule has 1 aromatic rings. The van der Waals surface area contributed by atoms with E-state index >= 15 is 0 Å². The molecule has 2 aliphatic heterocycles. The van der Waals surface area contributed by atoms with Crippen LogP contribution in [0.4, 0.5) is 0 Å². The zero-order valence-electron chi connectivity index (χ0n) is 10.1. The number of hydrogen-bond donors (Lipinski definition) is 1. The molecule has 2 heterocycles. The first kappa shape index (κ1) is 11.1. The minimum Gasteiger partial charge on any atom is -0.493 e. The fourth-order valence-corrected chi connectivity index (χ4v) is 2.69. The van der Waals surface area contributed by atoms with E-state index in [0.717, 1.165) is 44.8 Å². The van der Waals surface area contributed by atoms with E-state index in [1.54, 1.807) is 0 Å². The molecule has 0 saturated carbocycles. The van der Waals surface area contributed by atoms with Gasteiger partial charge in [-0.05, 0) is 30.0 Å². The normalized spacial score (nSPS) is 20.5. The smallest absolute Gasteiger partial charge is 0.122 e. The number of aliphatic hydroxyl groups excluding tert-OH is 1. The zero-order chi connectivity index (χ0) is 11.7. The van der Waals surface area contributed by atoms with Crippen LogP contribution in [0, 0.1) is 5.92 Å². The molecule has 0 radical (unpaired) electrons. The SMILES string of the molecule is OCC1CN(Cc2ccc3c(c2)CCCO3)C1. The third-order valence-corrected chi connectivity index (χ3v) is 3.67. The van der Waals surface area contributed by atoms with Gasteiger partial charge in [0.25, 0.3) is 0 Å². The van der Waals surface area contributed by atoms with Gasteiger partial charge in [0.1, 0.15) is 5.75 Å². The summed E-state index contributed by atoms with van der Waals surface area (Å²) in [5.41, 5.74) is 2.72. The molecule has 3 nitrogen and oxygen atoms in total. The summed E-state index contributed by atoms with van der Waals surface area (Å²) in [6, 6.07) is 6.55. The van der Waals surface area contributed by atoms with Gasteiger partial charge in [-0.25, -0.2) is 0 Å². The molecule has 0 aromatic heterocycles. The summed E-state index contributed by atoms with van der Waals surface area (Å²) in [5, 5.41) is 8.98. The molecule has 92 valence electrons. The second-order valence-electron chi connectivity index (χ2n) is 5.14. The molecule has 0 aliphatic carbocycles. The number of fused-ring (bicyclic) bond motifs is 1. The van der Waals surface area contributed by atoms with Gasteiger partial charge in [-0.15, -0.1) is 0 Å². The predicted octanol–water partition coefficient (Wildman–Crippen LogP) is 1.44. The third kappa shape index (κ3) is 2.31. The maximum absolute atomic E-state index is 8.98. The Morgan fingerprint density at radius 3 is 3.06 bits per heavy atom. The van der Waals surface area contributed by atoms with E-state index in [1.807, 2.05) is 0 Å². The van der Waals surface area contributed by atoms with Crippen molar-refractivity contribution in [2.24, 2.45) is 5.92 Å². The molecule has 3 rings (SSSR count). The maximum Gasteiger partial charge on any atom is 0.122 e. The molecular formula is C14H19NO2. The van der Waals surface area contributed by atoms with E-state index in [2.05, 4.69) is 23.1 Å². The van der Waals surface area contributed by atoms with Crippen LogP contribution in [-0.2, 0) is 13.0 Å². The number of rotatable bonds is 3. The summed E-state index contributed by atoms with van der Waals surface area (Å²) in [6.07, 6.45) is 2.27. The summed E-state index contributed by atoms with van der Waals surface area (Å²) in [7, 11) is 0. The molecule has 17 heavy (non-hydrogen) atoms. The van der Waals surface area contributed by atoms with Gasteiger partial charge in [-0.3, -0.25) is 4.90 Å². The number of hydrogen-bond acceptors (Lipinski definition) is 3. The van der Waals surface area contributed by atoms with Gasteiger partial charge in [0.05, 0.1) is 6.61 Å². The van der Waals surface area contributed by atoms with Gasteiger partial charge in [0.15, 0.2) is 0 Å². The van der Waals surface area contributed by atoms with Crippen LogP contribution in [0.2, 0.25) is 0 Å². The summed E-state index contributed by atoms with van der Waals surface area (Å²) in [5.74, 6) is 1.56. The zero-order valence-corrected chi connectivity index (χ0v) is 10.1. The molecule has 1 fully saturated rings. The summed E-state index contributed by atoms with van der Waals surface area (Å²) >= 11 is 0. The van der Waals surface area contributed by atoms with E-state index in [-0.39, 0.29) is 0 Å². The molecule has 1 N–H and O–H groups in total. The second-order valence-corrected chi connectivity index (χ2v) is 5.14. The first-order valence-corrected chi connectivity index (χ1v) is 6.43. The summed E-state index contributed by atoms with van der Waals surface area (Å²) in [4.78, 5) is 2.38. The van der Waals surface area contributed by atoms with Gasteiger partial charge < -0.3 is 9.84 Å². The Morgan fingerprint density at radius 1 is 1.35 bits per heavy atom. The van der Waals surface area contributed by atoms with Crippen molar-refractivity contribution >= 4 is 0 Å². The molecular weight excluding hydrogens is 214 g/mol. The van der Waals surface area contributed by atoms with Crippen molar-refractivity contribution in [3.63, 3.8) is 0 Å². The predicted molar refractivity (Wildman–Crippen MR) is 66.1 cm³/mol. The van der Waals surface area contributed by atoms with Crippen molar-refractivity contribution in [3.8, 4) is 5.75 Å². The van der Waals surface area contributed by atoms with E-state index in [4.69, 9.17) is 9.84 Å². The van der Waals surface area contributed by atoms with Gasteiger partial charge in [0, 0.05) is 32.2 Å². The van der Waals surface area contributed by atoms with Crippen molar-refractivity contribution in [3.05, 3.63) is 29.3 Å². The average Bonchev–Trinajstić information content (AvgIpc) is 2.33. The van der Waals surface area contributed by atoms with Gasteiger partial charge in [-0.1, -0.05) is 12.1 Å². The lowest BCUT2D eigenvalue weighted by atomic mass is 9.98. The van der Waals surface area contributed by atoms with Crippen molar-refractivity contribution < 1.29 is 9.84 Å². The number of ether oxygens (including phenoxy) is 1. The van der Waals surface area contributed by atoms with Crippen molar-refractivity contribution in [1.82, 2.24) is 4.90 Å². The molecule has 2 aliphatic rings. The number of nitrogens with zero attached hydrogens (tertiary/aromatic N) is 1. The quantitative estimate of drug-likeness (QED) is 0.857. The van der Waals surface area contributed by atoms with E-state index in [1.165, 1.54) is 11.1 Å². The van der Waals surface area contributed by atoms with Crippen LogP contribution >= 0.6 is 0 Å². The number of aliphatic hydroxyl groups is 1. The van der Waals surface area contributed by atoms with Crippen molar-refractivity contribution in [2.75, 3.05) is 26.3 Å². The molecule has 0 bridgehead atoms. The lowest BCUT2D eigenvalue weighted by molar-refractivity contribution is 0.0479. The molecule has 0 unspecified atom stereocenters. The maximum atomic E-state index is 8.98. The minimum absolute atomic E-state index is 0.328. The lowest BCUT2D eigenvalue weighted by Crippen LogP contribution is -2.47. The summed E-state index contributed by atoms with van der Waals surface area (Å²) < 4.78 is 5.61. The van der Waals surface area contributed by atoms with Crippen LogP contribution in [0.1, 0.15) is 17.5 Å². The first-order chi connectivity index (χ1) is 8.35. The third-order valence-electron chi connectivity index (χ3n) is 3.67. The number of benzene rings is 1. The van der Waals surface area contributed by atoms with Crippen LogP contribution in [0.5, 0.6) is 5.75 Å². The van der Waals surface area contributed by atoms with E-state index < -0.39 is 0 Å². The lowest BCUT2D eigenvalue weighted by Gasteiger charge is -2.38. The molecule has 0 spiro atoms. The highest BCUT2D eigenvalue weighted by molar-refractivity contribution is 5.38. The topological polar surface area (TPSA) is 32.7 Å². The number of likely N-dealkylation sites (tertiary alicyclic amines) is 1. The Hall–Kier alpha value is -1.06. The monoisotopic (exact) mass is 233 g/mol. The van der Waals surface area contributed by atoms with Gasteiger partial charge >= 0.3 is 0 Å². The molecule has 1 saturated heterocycles. The Morgan fingerprint density at radius 2 is 2.24 bits per heavy atom. The van der Waals surface area contributed by atoms with Gasteiger partial charge in [-0.2, -0.15) is 0 Å². The summed E-state index contributed by atoms with van der Waals surface area (Å²) in [6.45, 7) is 4.25. The fraction of sp³-hybridized carbons (Fsp3) is 0.571. The van der Waals surface area contributed by atoms with Crippen LogP contribution in [-0.4, -0.2) is 36.3 Å². The molecule has 0 atom stereocenters. The number of aryl methyl sites for hydroxylation is 1. The van der Waals surface area contributed by atoms with Crippen molar-refractivity contribution in [1.29, 1.82) is 0 Å². The largest absolute Gasteiger partial charge is 0.493 e. The van der Waals surface area contributed by atoms with Crippen LogP contribution < -0.4 is 4.74 Å². The van der Waals surface area contributed by atoms with Crippen LogP contribution in [0.15, 0.2) is 18.2 Å². The average molecular weight is 233 g/mol. The highest BCUT2D eigenvalue weighted by Crippen LogP contribution is 2.27. The Labute approximate surface area is 102 Å². The molecule has 3 heteroatoms. The Balaban J connectivity index is 1.64. The standard InChI is InChI=1S/C14H19NO2/c16-10-12-8-15(9-12)7-11-3-4-14-13(6-11)2-1-5-17-14/h3-4,6,12,16H,1-2,5,7-10H2. The minimum atomic E-state index is 0.328.